The van der Waals surface area contributed by atoms with E-state index in [9.17, 15) is 9.90 Å². The number of carbonyl (C=O) groups excluding carboxylic acids is 1. The van der Waals surface area contributed by atoms with Gasteiger partial charge >= 0.3 is 0 Å². The number of ketones is 1. The predicted molar refractivity (Wildman–Crippen MR) is 114 cm³/mol. The molecule has 2 aromatic carbocycles. The van der Waals surface area contributed by atoms with E-state index in [-0.39, 0.29) is 42.7 Å². The summed E-state index contributed by atoms with van der Waals surface area (Å²) in [6, 6.07) is 10.1. The number of benzene rings is 2. The Hall–Kier alpha value is -3.03. The first kappa shape index (κ1) is 19.9. The summed E-state index contributed by atoms with van der Waals surface area (Å²) < 4.78 is 12.4. The van der Waals surface area contributed by atoms with Crippen LogP contribution in [0, 0.1) is 0 Å². The van der Waals surface area contributed by atoms with Gasteiger partial charge in [0.1, 0.15) is 24.5 Å². The van der Waals surface area contributed by atoms with E-state index in [1.54, 1.807) is 28.9 Å². The lowest BCUT2D eigenvalue weighted by Gasteiger charge is -2.32. The molecule has 2 heterocycles. The molecule has 3 aromatic rings. The Kier molecular flexibility index (Phi) is 5.08. The summed E-state index contributed by atoms with van der Waals surface area (Å²) >= 11 is 12.6. The summed E-state index contributed by atoms with van der Waals surface area (Å²) in [5.74, 6) is 0.651. The summed E-state index contributed by atoms with van der Waals surface area (Å²) in [5.41, 5.74) is 1.70. The summed E-state index contributed by atoms with van der Waals surface area (Å²) in [6.07, 6.45) is 3.22. The number of nitrogens with zero attached hydrogens (tertiary/aromatic N) is 3. The average molecular weight is 458 g/mol. The summed E-state index contributed by atoms with van der Waals surface area (Å²) in [7, 11) is 0. The minimum atomic E-state index is -0.614. The van der Waals surface area contributed by atoms with Gasteiger partial charge in [-0.2, -0.15) is 5.10 Å². The fraction of sp³-hybridized carbons (Fsp3) is 0.227. The Morgan fingerprint density at radius 3 is 2.65 bits per heavy atom. The van der Waals surface area contributed by atoms with Crippen LogP contribution in [0.5, 0.6) is 11.5 Å². The Morgan fingerprint density at radius 2 is 1.90 bits per heavy atom. The summed E-state index contributed by atoms with van der Waals surface area (Å²) in [4.78, 5) is 17.2. The van der Waals surface area contributed by atoms with E-state index in [0.717, 1.165) is 5.56 Å². The molecule has 0 unspecified atom stereocenters. The van der Waals surface area contributed by atoms with E-state index in [1.807, 2.05) is 12.1 Å². The number of allylic oxidation sites excluding steroid dienone is 2. The number of fused-ring (bicyclic) bond motifs is 1. The molecule has 0 bridgehead atoms. The molecule has 0 radical (unpaired) electrons. The minimum Gasteiger partial charge on any atom is -0.510 e. The van der Waals surface area contributed by atoms with Gasteiger partial charge in [0, 0.05) is 34.4 Å². The van der Waals surface area contributed by atoms with Crippen LogP contribution < -0.4 is 9.47 Å². The van der Waals surface area contributed by atoms with Gasteiger partial charge in [0.2, 0.25) is 6.79 Å². The highest BCUT2D eigenvalue weighted by molar-refractivity contribution is 6.36. The van der Waals surface area contributed by atoms with Gasteiger partial charge in [-0.05, 0) is 35.4 Å². The molecule has 7 nitrogen and oxygen atoms in total. The Balaban J connectivity index is 1.59. The zero-order valence-electron chi connectivity index (χ0n) is 16.2. The van der Waals surface area contributed by atoms with Crippen molar-refractivity contribution in [3.8, 4) is 11.5 Å². The van der Waals surface area contributed by atoms with Crippen molar-refractivity contribution in [2.75, 3.05) is 6.79 Å². The average Bonchev–Trinajstić information content (AvgIpc) is 3.44. The van der Waals surface area contributed by atoms with Crippen LogP contribution >= 0.6 is 23.2 Å². The number of ether oxygens (including phenoxy) is 2. The molecule has 9 heteroatoms. The first-order valence-electron chi connectivity index (χ1n) is 9.64. The lowest BCUT2D eigenvalue weighted by atomic mass is 9.77. The first-order valence-corrected chi connectivity index (χ1v) is 10.4. The highest BCUT2D eigenvalue weighted by Gasteiger charge is 2.39. The molecule has 5 rings (SSSR count). The van der Waals surface area contributed by atoms with E-state index in [4.69, 9.17) is 32.7 Å². The SMILES string of the molecule is O=C1C[C@@H](c2ccc3c(c2)OCO3)[C@H](n2cncn2)C(O)=C1Cc1c(Cl)cccc1Cl. The molecule has 158 valence electrons. The van der Waals surface area contributed by atoms with Crippen molar-refractivity contribution < 1.29 is 19.4 Å². The van der Waals surface area contributed by atoms with Gasteiger partial charge in [0.05, 0.1) is 0 Å². The Labute approximate surface area is 187 Å². The molecule has 0 spiro atoms. The van der Waals surface area contributed by atoms with Crippen LogP contribution in [0.4, 0.5) is 0 Å². The quantitative estimate of drug-likeness (QED) is 0.612. The van der Waals surface area contributed by atoms with Gasteiger partial charge in [-0.15, -0.1) is 0 Å². The van der Waals surface area contributed by atoms with Gasteiger partial charge in [0.15, 0.2) is 17.3 Å². The smallest absolute Gasteiger partial charge is 0.231 e. The van der Waals surface area contributed by atoms with E-state index >= 15 is 0 Å². The topological polar surface area (TPSA) is 86.5 Å². The van der Waals surface area contributed by atoms with Crippen LogP contribution in [0.2, 0.25) is 10.0 Å². The van der Waals surface area contributed by atoms with E-state index in [2.05, 4.69) is 10.1 Å². The Morgan fingerprint density at radius 1 is 1.13 bits per heavy atom. The van der Waals surface area contributed by atoms with Gasteiger partial charge < -0.3 is 14.6 Å². The number of aliphatic hydroxyl groups is 1. The van der Waals surface area contributed by atoms with Crippen molar-refractivity contribution >= 4 is 29.0 Å². The largest absolute Gasteiger partial charge is 0.510 e. The van der Waals surface area contributed by atoms with Gasteiger partial charge in [-0.1, -0.05) is 35.3 Å². The minimum absolute atomic E-state index is 0.0691. The third-order valence-electron chi connectivity index (χ3n) is 5.67. The zero-order valence-corrected chi connectivity index (χ0v) is 17.7. The van der Waals surface area contributed by atoms with Crippen LogP contribution in [0.3, 0.4) is 0 Å². The van der Waals surface area contributed by atoms with Crippen molar-refractivity contribution in [2.24, 2.45) is 0 Å². The Bertz CT molecular complexity index is 1170. The number of aliphatic hydroxyl groups excluding tert-OH is 1. The number of Topliss-reactive ketones (excluding diaryl/α,β-unsaturated/α-hetero) is 1. The maximum absolute atomic E-state index is 13.2. The molecule has 0 fully saturated rings. The molecule has 0 amide bonds. The second kappa shape index (κ2) is 7.90. The molecule has 1 N–H and O–H groups in total. The number of hydrogen-bond donors (Lipinski definition) is 1. The second-order valence-corrected chi connectivity index (χ2v) is 8.22. The van der Waals surface area contributed by atoms with E-state index < -0.39 is 6.04 Å². The number of hydrogen-bond acceptors (Lipinski definition) is 6. The lowest BCUT2D eigenvalue weighted by Crippen LogP contribution is -2.30. The zero-order chi connectivity index (χ0) is 21.5. The third-order valence-corrected chi connectivity index (χ3v) is 6.38. The number of rotatable bonds is 4. The van der Waals surface area contributed by atoms with Crippen LogP contribution in [0.25, 0.3) is 0 Å². The normalized spacial score (nSPS) is 20.4. The molecule has 31 heavy (non-hydrogen) atoms. The third kappa shape index (κ3) is 3.54. The van der Waals surface area contributed by atoms with Crippen molar-refractivity contribution in [3.63, 3.8) is 0 Å². The van der Waals surface area contributed by atoms with Crippen molar-refractivity contribution in [2.45, 2.75) is 24.8 Å². The van der Waals surface area contributed by atoms with Crippen molar-refractivity contribution in [1.82, 2.24) is 14.8 Å². The molecule has 2 aliphatic rings. The molecule has 0 saturated carbocycles. The standard InChI is InChI=1S/C22H17Cl2N3O4/c23-16-2-1-3-17(24)14(16)7-15-18(28)8-13(21(22(15)29)27-10-25-9-26-27)12-4-5-19-20(6-12)31-11-30-19/h1-6,9-10,13,21,29H,7-8,11H2/t13-,21-/m0/s1. The number of aromatic nitrogens is 3. The van der Waals surface area contributed by atoms with Gasteiger partial charge in [-0.25, -0.2) is 9.67 Å². The fourth-order valence-electron chi connectivity index (χ4n) is 4.13. The molecule has 2 atom stereocenters. The first-order chi connectivity index (χ1) is 15.0. The predicted octanol–water partition coefficient (Wildman–Crippen LogP) is 4.67. The van der Waals surface area contributed by atoms with Gasteiger partial charge in [-0.3, -0.25) is 4.79 Å². The van der Waals surface area contributed by atoms with Gasteiger partial charge in [0.25, 0.3) is 0 Å². The maximum atomic E-state index is 13.2. The van der Waals surface area contributed by atoms with Crippen LogP contribution in [0.1, 0.15) is 29.5 Å². The highest BCUT2D eigenvalue weighted by atomic mass is 35.5. The summed E-state index contributed by atoms with van der Waals surface area (Å²) in [5, 5.41) is 16.4. The number of carbonyl (C=O) groups is 1. The maximum Gasteiger partial charge on any atom is 0.231 e. The molecule has 1 aliphatic carbocycles. The van der Waals surface area contributed by atoms with E-state index in [0.29, 0.717) is 27.1 Å². The molecular weight excluding hydrogens is 441 g/mol. The number of halogens is 2. The summed E-state index contributed by atoms with van der Waals surface area (Å²) in [6.45, 7) is 0.156. The second-order valence-electron chi connectivity index (χ2n) is 7.41. The molecule has 1 aromatic heterocycles. The van der Waals surface area contributed by atoms with Crippen LogP contribution in [0.15, 0.2) is 60.4 Å². The lowest BCUT2D eigenvalue weighted by molar-refractivity contribution is -0.117. The molecule has 1 aliphatic heterocycles. The van der Waals surface area contributed by atoms with Crippen molar-refractivity contribution in [3.05, 3.63) is 81.6 Å². The van der Waals surface area contributed by atoms with Crippen molar-refractivity contribution in [1.29, 1.82) is 0 Å². The van der Waals surface area contributed by atoms with Crippen LogP contribution in [-0.2, 0) is 11.2 Å². The highest BCUT2D eigenvalue weighted by Crippen LogP contribution is 2.45. The van der Waals surface area contributed by atoms with E-state index in [1.165, 1.54) is 12.7 Å². The fourth-order valence-corrected chi connectivity index (χ4v) is 4.66. The van der Waals surface area contributed by atoms with Crippen LogP contribution in [-0.4, -0.2) is 32.4 Å². The monoisotopic (exact) mass is 457 g/mol. The molecular formula is C22H17Cl2N3O4. The molecule has 0 saturated heterocycles.